The molecule has 0 aliphatic carbocycles. The molecule has 1 aromatic carbocycles. The van der Waals surface area contributed by atoms with Gasteiger partial charge in [0.2, 0.25) is 0 Å². The summed E-state index contributed by atoms with van der Waals surface area (Å²) < 4.78 is 26.0. The van der Waals surface area contributed by atoms with Gasteiger partial charge in [-0.05, 0) is 12.1 Å². The number of halogens is 3. The van der Waals surface area contributed by atoms with E-state index in [1.807, 2.05) is 0 Å². The lowest BCUT2D eigenvalue weighted by Crippen LogP contribution is -2.30. The van der Waals surface area contributed by atoms with Crippen LogP contribution >= 0.6 is 11.6 Å². The summed E-state index contributed by atoms with van der Waals surface area (Å²) in [5.74, 6) is -3.17. The lowest BCUT2D eigenvalue weighted by atomic mass is 10.1. The van der Waals surface area contributed by atoms with E-state index in [-0.39, 0.29) is 16.3 Å². The number of benzene rings is 1. The van der Waals surface area contributed by atoms with Gasteiger partial charge in [0.05, 0.1) is 11.5 Å². The first-order chi connectivity index (χ1) is 7.35. The van der Waals surface area contributed by atoms with Crippen LogP contribution in [0, 0.1) is 10.1 Å². The van der Waals surface area contributed by atoms with E-state index in [0.717, 1.165) is 12.1 Å². The first-order valence-corrected chi connectivity index (χ1v) is 4.74. The van der Waals surface area contributed by atoms with Crippen LogP contribution in [0.1, 0.15) is 5.56 Å². The summed E-state index contributed by atoms with van der Waals surface area (Å²) in [6.07, 6.45) is -0.791. The average Bonchev–Trinajstić information content (AvgIpc) is 2.16. The van der Waals surface area contributed by atoms with Crippen molar-refractivity contribution >= 4 is 17.3 Å². The van der Waals surface area contributed by atoms with Gasteiger partial charge in [0.25, 0.3) is 11.6 Å². The summed E-state index contributed by atoms with van der Waals surface area (Å²) in [5, 5.41) is 10.8. The predicted molar refractivity (Wildman–Crippen MR) is 55.8 cm³/mol. The second-order valence-electron chi connectivity index (χ2n) is 3.27. The smallest absolute Gasteiger partial charge is 0.272 e. The maximum atomic E-state index is 13.0. The van der Waals surface area contributed by atoms with Gasteiger partial charge < -0.3 is 5.73 Å². The van der Waals surface area contributed by atoms with Crippen molar-refractivity contribution in [3.63, 3.8) is 0 Å². The third kappa shape index (κ3) is 3.11. The van der Waals surface area contributed by atoms with Crippen LogP contribution in [0.25, 0.3) is 0 Å². The summed E-state index contributed by atoms with van der Waals surface area (Å²) in [4.78, 5) is 9.87. The monoisotopic (exact) mass is 250 g/mol. The van der Waals surface area contributed by atoms with Gasteiger partial charge in [-0.3, -0.25) is 10.1 Å². The van der Waals surface area contributed by atoms with Gasteiger partial charge >= 0.3 is 0 Å². The molecule has 0 radical (unpaired) electrons. The minimum absolute atomic E-state index is 0.118. The summed E-state index contributed by atoms with van der Waals surface area (Å²) in [6, 6.07) is 3.54. The number of rotatable bonds is 4. The van der Waals surface area contributed by atoms with Crippen molar-refractivity contribution in [2.45, 2.75) is 12.3 Å². The fraction of sp³-hybridized carbons (Fsp3) is 0.333. The highest BCUT2D eigenvalue weighted by molar-refractivity contribution is 6.30. The Hall–Kier alpha value is -1.27. The first-order valence-electron chi connectivity index (χ1n) is 4.36. The number of hydrogen-bond acceptors (Lipinski definition) is 3. The predicted octanol–water partition coefficient (Wildman–Crippen LogP) is 2.38. The summed E-state index contributed by atoms with van der Waals surface area (Å²) in [5.41, 5.74) is 4.37. The molecule has 7 heteroatoms. The fourth-order valence-electron chi connectivity index (χ4n) is 1.22. The Morgan fingerprint density at radius 2 is 2.12 bits per heavy atom. The van der Waals surface area contributed by atoms with Crippen molar-refractivity contribution in [2.75, 3.05) is 6.54 Å². The largest absolute Gasteiger partial charge is 0.325 e. The van der Waals surface area contributed by atoms with Gasteiger partial charge in [-0.15, -0.1) is 0 Å². The summed E-state index contributed by atoms with van der Waals surface area (Å²) in [6.45, 7) is -0.864. The van der Waals surface area contributed by atoms with Crippen LogP contribution in [-0.4, -0.2) is 17.4 Å². The Bertz CT molecular complexity index is 412. The van der Waals surface area contributed by atoms with Gasteiger partial charge in [0.15, 0.2) is 0 Å². The van der Waals surface area contributed by atoms with E-state index >= 15 is 0 Å². The number of nitrogens with zero attached hydrogens (tertiary/aromatic N) is 1. The molecule has 1 rings (SSSR count). The Kier molecular flexibility index (Phi) is 3.77. The van der Waals surface area contributed by atoms with Crippen LogP contribution in [-0.2, 0) is 6.42 Å². The molecular weight excluding hydrogens is 242 g/mol. The minimum atomic E-state index is -3.17. The number of hydrogen-bond donors (Lipinski definition) is 1. The molecule has 0 saturated heterocycles. The molecule has 16 heavy (non-hydrogen) atoms. The Balaban J connectivity index is 3.10. The zero-order chi connectivity index (χ0) is 12.3. The van der Waals surface area contributed by atoms with E-state index in [2.05, 4.69) is 0 Å². The first kappa shape index (κ1) is 12.8. The highest BCUT2D eigenvalue weighted by Gasteiger charge is 2.30. The molecule has 0 spiro atoms. The van der Waals surface area contributed by atoms with Crippen LogP contribution in [0.4, 0.5) is 14.5 Å². The number of nitro groups is 1. The van der Waals surface area contributed by atoms with E-state index in [1.165, 1.54) is 6.07 Å². The van der Waals surface area contributed by atoms with Crippen LogP contribution in [0.15, 0.2) is 18.2 Å². The van der Waals surface area contributed by atoms with Crippen molar-refractivity contribution in [3.05, 3.63) is 38.9 Å². The molecule has 0 amide bonds. The molecule has 4 nitrogen and oxygen atoms in total. The van der Waals surface area contributed by atoms with E-state index in [1.54, 1.807) is 0 Å². The average molecular weight is 251 g/mol. The van der Waals surface area contributed by atoms with Crippen molar-refractivity contribution in [3.8, 4) is 0 Å². The van der Waals surface area contributed by atoms with Crippen LogP contribution in [0.2, 0.25) is 5.02 Å². The van der Waals surface area contributed by atoms with Crippen molar-refractivity contribution in [1.82, 2.24) is 0 Å². The van der Waals surface area contributed by atoms with E-state index < -0.39 is 23.8 Å². The highest BCUT2D eigenvalue weighted by atomic mass is 35.5. The SMILES string of the molecule is NCC(F)(F)Cc1cc(Cl)ccc1[N+](=O)[O-]. The van der Waals surface area contributed by atoms with Gasteiger partial charge in [0, 0.05) is 23.1 Å². The third-order valence-electron chi connectivity index (χ3n) is 1.99. The van der Waals surface area contributed by atoms with Crippen molar-refractivity contribution in [1.29, 1.82) is 0 Å². The Labute approximate surface area is 95.2 Å². The van der Waals surface area contributed by atoms with Crippen LogP contribution in [0.3, 0.4) is 0 Å². The molecule has 0 saturated carbocycles. The molecule has 1 aromatic rings. The van der Waals surface area contributed by atoms with Crippen molar-refractivity contribution < 1.29 is 13.7 Å². The Morgan fingerprint density at radius 1 is 1.50 bits per heavy atom. The van der Waals surface area contributed by atoms with E-state index in [0.29, 0.717) is 0 Å². The number of nitrogens with two attached hydrogens (primary N) is 1. The van der Waals surface area contributed by atoms with Gasteiger partial charge in [-0.25, -0.2) is 8.78 Å². The number of nitro benzene ring substituents is 1. The Morgan fingerprint density at radius 3 is 2.62 bits per heavy atom. The molecule has 0 unspecified atom stereocenters. The normalized spacial score (nSPS) is 11.5. The van der Waals surface area contributed by atoms with Gasteiger partial charge in [-0.1, -0.05) is 11.6 Å². The fourth-order valence-corrected chi connectivity index (χ4v) is 1.42. The summed E-state index contributed by atoms with van der Waals surface area (Å²) >= 11 is 5.59. The second-order valence-corrected chi connectivity index (χ2v) is 3.70. The molecule has 88 valence electrons. The van der Waals surface area contributed by atoms with Gasteiger partial charge in [0.1, 0.15) is 0 Å². The quantitative estimate of drug-likeness (QED) is 0.659. The molecule has 0 atom stereocenters. The van der Waals surface area contributed by atoms with Crippen LogP contribution in [0.5, 0.6) is 0 Å². The molecule has 0 bridgehead atoms. The molecule has 0 aliphatic heterocycles. The van der Waals surface area contributed by atoms with E-state index in [9.17, 15) is 18.9 Å². The molecule has 0 heterocycles. The van der Waals surface area contributed by atoms with Crippen molar-refractivity contribution in [2.24, 2.45) is 5.73 Å². The van der Waals surface area contributed by atoms with E-state index in [4.69, 9.17) is 17.3 Å². The van der Waals surface area contributed by atoms with Crippen LogP contribution < -0.4 is 5.73 Å². The standard InChI is InChI=1S/C9H9ClF2N2O2/c10-7-1-2-8(14(15)16)6(3-7)4-9(11,12)5-13/h1-3H,4-5,13H2. The molecule has 0 aromatic heterocycles. The molecule has 2 N–H and O–H groups in total. The molecule has 0 fully saturated rings. The third-order valence-corrected chi connectivity index (χ3v) is 2.22. The highest BCUT2D eigenvalue weighted by Crippen LogP contribution is 2.28. The molecular formula is C9H9ClF2N2O2. The number of alkyl halides is 2. The zero-order valence-corrected chi connectivity index (χ0v) is 8.88. The minimum Gasteiger partial charge on any atom is -0.325 e. The topological polar surface area (TPSA) is 69.2 Å². The second kappa shape index (κ2) is 4.71. The summed E-state index contributed by atoms with van der Waals surface area (Å²) in [7, 11) is 0. The van der Waals surface area contributed by atoms with Gasteiger partial charge in [-0.2, -0.15) is 0 Å². The maximum absolute atomic E-state index is 13.0. The maximum Gasteiger partial charge on any atom is 0.272 e. The lowest BCUT2D eigenvalue weighted by molar-refractivity contribution is -0.385. The lowest BCUT2D eigenvalue weighted by Gasteiger charge is -2.13. The molecule has 0 aliphatic rings. The zero-order valence-electron chi connectivity index (χ0n) is 8.12.